The molecule has 0 aromatic carbocycles. The summed E-state index contributed by atoms with van der Waals surface area (Å²) in [7, 11) is 0. The molecule has 0 N–H and O–H groups in total. The van der Waals surface area contributed by atoms with E-state index in [1.54, 1.807) is 5.57 Å². The average molecular weight is 318 g/mol. The van der Waals surface area contributed by atoms with E-state index < -0.39 is 0 Å². The lowest BCUT2D eigenvalue weighted by Gasteiger charge is -2.46. The van der Waals surface area contributed by atoms with E-state index in [1.807, 2.05) is 0 Å². The summed E-state index contributed by atoms with van der Waals surface area (Å²) in [5, 5.41) is 0. The highest BCUT2D eigenvalue weighted by Crippen LogP contribution is 2.49. The smallest absolute Gasteiger partial charge is 0.0161 e. The van der Waals surface area contributed by atoms with Crippen molar-refractivity contribution in [2.45, 2.75) is 87.0 Å². The lowest BCUT2D eigenvalue weighted by molar-refractivity contribution is 0.117. The zero-order chi connectivity index (χ0) is 17.1. The number of allylic oxidation sites excluding steroid dienone is 2. The summed E-state index contributed by atoms with van der Waals surface area (Å²) in [6.45, 7) is 17.0. The van der Waals surface area contributed by atoms with Gasteiger partial charge < -0.3 is 0 Å². The Hall–Kier alpha value is -0.260. The minimum absolute atomic E-state index is 0.806. The molecule has 2 fully saturated rings. The van der Waals surface area contributed by atoms with Gasteiger partial charge in [-0.05, 0) is 86.0 Å². The molecule has 0 heterocycles. The third-order valence-corrected chi connectivity index (χ3v) is 7.13. The van der Waals surface area contributed by atoms with Gasteiger partial charge in [-0.3, -0.25) is 0 Å². The summed E-state index contributed by atoms with van der Waals surface area (Å²) < 4.78 is 0. The van der Waals surface area contributed by atoms with Crippen molar-refractivity contribution >= 4 is 0 Å². The van der Waals surface area contributed by atoms with E-state index in [2.05, 4.69) is 54.5 Å². The first kappa shape index (κ1) is 19.1. The maximum absolute atomic E-state index is 3.77. The van der Waals surface area contributed by atoms with E-state index in [-0.39, 0.29) is 0 Å². The van der Waals surface area contributed by atoms with Crippen molar-refractivity contribution in [3.05, 3.63) is 11.6 Å². The van der Waals surface area contributed by atoms with Crippen LogP contribution in [0.2, 0.25) is 0 Å². The van der Waals surface area contributed by atoms with Gasteiger partial charge in [0.2, 0.25) is 0 Å². The molecular formula is C23H41. The molecule has 0 spiro atoms. The van der Waals surface area contributed by atoms with Crippen molar-refractivity contribution < 1.29 is 0 Å². The van der Waals surface area contributed by atoms with Gasteiger partial charge in [-0.1, -0.05) is 60.0 Å². The first-order valence-corrected chi connectivity index (χ1v) is 10.4. The first-order valence-electron chi connectivity index (χ1n) is 10.4. The van der Waals surface area contributed by atoms with Crippen LogP contribution in [-0.2, 0) is 0 Å². The Bertz CT molecular complexity index is 355. The van der Waals surface area contributed by atoms with Crippen LogP contribution in [0.25, 0.3) is 0 Å². The molecule has 0 heteroatoms. The van der Waals surface area contributed by atoms with Gasteiger partial charge in [0.25, 0.3) is 0 Å². The third-order valence-electron chi connectivity index (χ3n) is 7.13. The van der Waals surface area contributed by atoms with Crippen molar-refractivity contribution in [3.8, 4) is 0 Å². The molecule has 0 amide bonds. The Morgan fingerprint density at radius 3 is 1.43 bits per heavy atom. The minimum Gasteiger partial charge on any atom is -0.0625 e. The van der Waals surface area contributed by atoms with Gasteiger partial charge in [0, 0.05) is 0 Å². The quantitative estimate of drug-likeness (QED) is 0.516. The molecule has 0 bridgehead atoms. The van der Waals surface area contributed by atoms with Gasteiger partial charge in [-0.25, -0.2) is 0 Å². The van der Waals surface area contributed by atoms with E-state index in [9.17, 15) is 0 Å². The van der Waals surface area contributed by atoms with E-state index in [4.69, 9.17) is 0 Å². The maximum atomic E-state index is 3.77. The van der Waals surface area contributed by atoms with Crippen LogP contribution in [0.3, 0.4) is 0 Å². The predicted molar refractivity (Wildman–Crippen MR) is 102 cm³/mol. The number of hydrogen-bond donors (Lipinski definition) is 0. The molecule has 0 nitrogen and oxygen atoms in total. The van der Waals surface area contributed by atoms with Crippen LogP contribution >= 0.6 is 0 Å². The Morgan fingerprint density at radius 2 is 1.13 bits per heavy atom. The molecule has 6 atom stereocenters. The zero-order valence-corrected chi connectivity index (χ0v) is 16.9. The van der Waals surface area contributed by atoms with Gasteiger partial charge in [0.05, 0.1) is 0 Å². The van der Waals surface area contributed by atoms with E-state index in [1.165, 1.54) is 38.5 Å². The molecule has 0 aromatic rings. The Morgan fingerprint density at radius 1 is 0.739 bits per heavy atom. The molecule has 0 saturated heterocycles. The molecule has 0 aromatic heterocycles. The van der Waals surface area contributed by atoms with Gasteiger partial charge in [-0.15, -0.1) is 0 Å². The monoisotopic (exact) mass is 317 g/mol. The van der Waals surface area contributed by atoms with E-state index >= 15 is 0 Å². The van der Waals surface area contributed by atoms with Gasteiger partial charge in [-0.2, -0.15) is 0 Å². The highest BCUT2D eigenvalue weighted by Gasteiger charge is 2.40. The van der Waals surface area contributed by atoms with Crippen molar-refractivity contribution in [2.75, 3.05) is 0 Å². The average Bonchev–Trinajstić information content (AvgIpc) is 2.47. The molecule has 133 valence electrons. The lowest BCUT2D eigenvalue weighted by atomic mass is 9.59. The van der Waals surface area contributed by atoms with Crippen LogP contribution in [0.4, 0.5) is 0 Å². The molecule has 0 aliphatic heterocycles. The van der Waals surface area contributed by atoms with Crippen molar-refractivity contribution in [3.63, 3.8) is 0 Å². The Kier molecular flexibility index (Phi) is 6.81. The number of rotatable bonds is 4. The maximum Gasteiger partial charge on any atom is -0.0161 e. The normalized spacial score (nSPS) is 38.8. The van der Waals surface area contributed by atoms with E-state index in [0.29, 0.717) is 0 Å². The molecule has 2 saturated carbocycles. The molecular weight excluding hydrogens is 276 g/mol. The van der Waals surface area contributed by atoms with Crippen molar-refractivity contribution in [1.82, 2.24) is 0 Å². The van der Waals surface area contributed by atoms with Crippen LogP contribution in [0.5, 0.6) is 0 Å². The second kappa shape index (κ2) is 8.21. The molecule has 6 unspecified atom stereocenters. The molecule has 2 rings (SSSR count). The zero-order valence-electron chi connectivity index (χ0n) is 16.9. The third kappa shape index (κ3) is 4.43. The van der Waals surface area contributed by atoms with Crippen LogP contribution in [-0.4, -0.2) is 0 Å². The fraction of sp³-hybridized carbons (Fsp3) is 0.913. The van der Waals surface area contributed by atoms with Gasteiger partial charge >= 0.3 is 0 Å². The van der Waals surface area contributed by atoms with Crippen molar-refractivity contribution in [1.29, 1.82) is 0 Å². The first-order chi connectivity index (χ1) is 10.8. The second-order valence-corrected chi connectivity index (χ2v) is 9.57. The van der Waals surface area contributed by atoms with Crippen molar-refractivity contribution in [2.24, 2.45) is 47.3 Å². The molecule has 1 radical (unpaired) electrons. The topological polar surface area (TPSA) is 0 Å². The van der Waals surface area contributed by atoms with Crippen LogP contribution in [0.1, 0.15) is 87.0 Å². The fourth-order valence-corrected chi connectivity index (χ4v) is 5.77. The summed E-state index contributed by atoms with van der Waals surface area (Å²) >= 11 is 0. The highest BCUT2D eigenvalue weighted by atomic mass is 14.4. The second-order valence-electron chi connectivity index (χ2n) is 9.57. The highest BCUT2D eigenvalue weighted by molar-refractivity contribution is 5.13. The Labute approximate surface area is 146 Å². The summed E-state index contributed by atoms with van der Waals surface area (Å²) in [4.78, 5) is 0. The Balaban J connectivity index is 2.27. The lowest BCUT2D eigenvalue weighted by Crippen LogP contribution is -2.36. The molecule has 2 aliphatic carbocycles. The minimum atomic E-state index is 0.806. The van der Waals surface area contributed by atoms with Crippen LogP contribution in [0.15, 0.2) is 5.57 Å². The summed E-state index contributed by atoms with van der Waals surface area (Å²) in [6, 6.07) is 0. The number of hydrogen-bond acceptors (Lipinski definition) is 0. The fourth-order valence-electron chi connectivity index (χ4n) is 5.77. The van der Waals surface area contributed by atoms with Gasteiger partial charge in [0.1, 0.15) is 0 Å². The predicted octanol–water partition coefficient (Wildman–Crippen LogP) is 7.15. The van der Waals surface area contributed by atoms with E-state index in [0.717, 1.165) is 47.3 Å². The van der Waals surface area contributed by atoms with Crippen LogP contribution in [0, 0.1) is 53.4 Å². The standard InChI is InChI=1S/C23H41/c1-8-19(22-13-17(6)9-11-20(22)15(2)3)23-14-18(7)10-12-21(23)16(4)5/h15-18,20-23H,9-14H2,1-7H3. The molecule has 23 heavy (non-hydrogen) atoms. The largest absolute Gasteiger partial charge is 0.0625 e. The van der Waals surface area contributed by atoms with Crippen LogP contribution < -0.4 is 0 Å². The summed E-state index contributed by atoms with van der Waals surface area (Å²) in [5.74, 6) is 6.82. The van der Waals surface area contributed by atoms with Gasteiger partial charge in [0.15, 0.2) is 0 Å². The summed E-state index contributed by atoms with van der Waals surface area (Å²) in [6.07, 6.45) is 12.3. The molecule has 2 aliphatic rings. The summed E-state index contributed by atoms with van der Waals surface area (Å²) in [5.41, 5.74) is 1.74. The SMILES string of the molecule is C[C]=C(C1CC(C)CCC1C(C)C)C1CC(C)CCC1C(C)C.